The fourth-order valence-corrected chi connectivity index (χ4v) is 2.57. The maximum Gasteiger partial charge on any atom is 0.0410 e. The van der Waals surface area contributed by atoms with Gasteiger partial charge in [0.2, 0.25) is 0 Å². The van der Waals surface area contributed by atoms with Crippen LogP contribution < -0.4 is 10.6 Å². The fourth-order valence-electron chi connectivity index (χ4n) is 2.57. The van der Waals surface area contributed by atoms with Gasteiger partial charge in [-0.25, -0.2) is 0 Å². The minimum Gasteiger partial charge on any atom is -0.378 e. The van der Waals surface area contributed by atoms with Gasteiger partial charge in [-0.1, -0.05) is 31.4 Å². The first-order valence-electron chi connectivity index (χ1n) is 6.19. The average molecular weight is 218 g/mol. The molecule has 1 saturated carbocycles. The highest BCUT2D eigenvalue weighted by Crippen LogP contribution is 2.35. The maximum absolute atomic E-state index is 6.53. The van der Waals surface area contributed by atoms with Crippen molar-refractivity contribution < 1.29 is 0 Å². The van der Waals surface area contributed by atoms with Crippen LogP contribution in [0.5, 0.6) is 0 Å². The number of rotatable bonds is 2. The van der Waals surface area contributed by atoms with E-state index in [1.807, 2.05) is 0 Å². The van der Waals surface area contributed by atoms with Crippen LogP contribution in [-0.4, -0.2) is 14.1 Å². The molecule has 2 rings (SSSR count). The van der Waals surface area contributed by atoms with Crippen LogP contribution in [0.1, 0.15) is 37.7 Å². The number of hydrogen-bond donors (Lipinski definition) is 1. The van der Waals surface area contributed by atoms with Gasteiger partial charge in [-0.3, -0.25) is 0 Å². The standard InChI is InChI=1S/C14H22N2/c1-16(2)13-8-6-7-12(11-13)14(15)9-4-3-5-10-14/h6-8,11H,3-5,9-10,15H2,1-2H3. The Hall–Kier alpha value is -1.02. The van der Waals surface area contributed by atoms with Crippen LogP contribution in [0.15, 0.2) is 24.3 Å². The predicted octanol–water partition coefficient (Wildman–Crippen LogP) is 2.87. The van der Waals surface area contributed by atoms with E-state index in [9.17, 15) is 0 Å². The predicted molar refractivity (Wildman–Crippen MR) is 69.7 cm³/mol. The van der Waals surface area contributed by atoms with Crippen molar-refractivity contribution in [2.24, 2.45) is 5.73 Å². The summed E-state index contributed by atoms with van der Waals surface area (Å²) in [6, 6.07) is 8.67. The van der Waals surface area contributed by atoms with Crippen molar-refractivity contribution in [3.05, 3.63) is 29.8 Å². The van der Waals surface area contributed by atoms with Crippen LogP contribution in [-0.2, 0) is 5.54 Å². The van der Waals surface area contributed by atoms with Crippen LogP contribution in [0.2, 0.25) is 0 Å². The number of nitrogens with two attached hydrogens (primary N) is 1. The quantitative estimate of drug-likeness (QED) is 0.827. The second kappa shape index (κ2) is 4.46. The fraction of sp³-hybridized carbons (Fsp3) is 0.571. The third kappa shape index (κ3) is 2.22. The first kappa shape index (κ1) is 11.5. The van der Waals surface area contributed by atoms with Gasteiger partial charge in [-0.15, -0.1) is 0 Å². The molecule has 2 N–H and O–H groups in total. The van der Waals surface area contributed by atoms with Crippen LogP contribution in [0, 0.1) is 0 Å². The molecule has 0 aromatic heterocycles. The van der Waals surface area contributed by atoms with Gasteiger partial charge in [0.25, 0.3) is 0 Å². The molecular weight excluding hydrogens is 196 g/mol. The normalized spacial score (nSPS) is 19.4. The molecule has 0 heterocycles. The van der Waals surface area contributed by atoms with Crippen LogP contribution >= 0.6 is 0 Å². The molecule has 0 atom stereocenters. The molecule has 16 heavy (non-hydrogen) atoms. The Labute approximate surface area is 98.4 Å². The zero-order valence-electron chi connectivity index (χ0n) is 10.4. The summed E-state index contributed by atoms with van der Waals surface area (Å²) in [6.45, 7) is 0. The Balaban J connectivity index is 2.28. The summed E-state index contributed by atoms with van der Waals surface area (Å²) >= 11 is 0. The van der Waals surface area contributed by atoms with E-state index in [2.05, 4.69) is 43.3 Å². The lowest BCUT2D eigenvalue weighted by molar-refractivity contribution is 0.302. The van der Waals surface area contributed by atoms with Gasteiger partial charge in [0.05, 0.1) is 0 Å². The van der Waals surface area contributed by atoms with Gasteiger partial charge in [-0.05, 0) is 30.5 Å². The monoisotopic (exact) mass is 218 g/mol. The van der Waals surface area contributed by atoms with Crippen molar-refractivity contribution in [1.29, 1.82) is 0 Å². The molecule has 1 aliphatic carbocycles. The highest BCUT2D eigenvalue weighted by Gasteiger charge is 2.29. The summed E-state index contributed by atoms with van der Waals surface area (Å²) < 4.78 is 0. The highest BCUT2D eigenvalue weighted by molar-refractivity contribution is 5.48. The summed E-state index contributed by atoms with van der Waals surface area (Å²) in [5.74, 6) is 0. The van der Waals surface area contributed by atoms with Gasteiger partial charge in [0.15, 0.2) is 0 Å². The Morgan fingerprint density at radius 3 is 2.44 bits per heavy atom. The number of hydrogen-bond acceptors (Lipinski definition) is 2. The zero-order valence-corrected chi connectivity index (χ0v) is 10.4. The molecule has 0 unspecified atom stereocenters. The van der Waals surface area contributed by atoms with Crippen LogP contribution in [0.25, 0.3) is 0 Å². The first-order chi connectivity index (χ1) is 7.62. The molecule has 88 valence electrons. The van der Waals surface area contributed by atoms with Gasteiger partial charge >= 0.3 is 0 Å². The van der Waals surface area contributed by atoms with E-state index in [0.717, 1.165) is 12.8 Å². The zero-order chi connectivity index (χ0) is 11.6. The van der Waals surface area contributed by atoms with E-state index in [4.69, 9.17) is 5.73 Å². The van der Waals surface area contributed by atoms with E-state index >= 15 is 0 Å². The lowest BCUT2D eigenvalue weighted by atomic mass is 9.77. The van der Waals surface area contributed by atoms with E-state index in [0.29, 0.717) is 0 Å². The smallest absolute Gasteiger partial charge is 0.0410 e. The number of anilines is 1. The van der Waals surface area contributed by atoms with Crippen LogP contribution in [0.4, 0.5) is 5.69 Å². The van der Waals surface area contributed by atoms with Gasteiger partial charge < -0.3 is 10.6 Å². The molecular formula is C14H22N2. The molecule has 1 aromatic rings. The highest BCUT2D eigenvalue weighted by atomic mass is 15.1. The van der Waals surface area contributed by atoms with Gasteiger partial charge in [0, 0.05) is 25.3 Å². The topological polar surface area (TPSA) is 29.3 Å². The molecule has 0 bridgehead atoms. The lowest BCUT2D eigenvalue weighted by Crippen LogP contribution is -2.38. The molecule has 0 aliphatic heterocycles. The minimum absolute atomic E-state index is 0.0791. The summed E-state index contributed by atoms with van der Waals surface area (Å²) in [5, 5.41) is 0. The third-order valence-electron chi connectivity index (χ3n) is 3.68. The Morgan fingerprint density at radius 1 is 1.12 bits per heavy atom. The Bertz CT molecular complexity index is 352. The van der Waals surface area contributed by atoms with Gasteiger partial charge in [0.1, 0.15) is 0 Å². The van der Waals surface area contributed by atoms with Crippen LogP contribution in [0.3, 0.4) is 0 Å². The minimum atomic E-state index is -0.0791. The summed E-state index contributed by atoms with van der Waals surface area (Å²) in [4.78, 5) is 2.13. The third-order valence-corrected chi connectivity index (χ3v) is 3.68. The first-order valence-corrected chi connectivity index (χ1v) is 6.19. The van der Waals surface area contributed by atoms with Crippen molar-refractivity contribution >= 4 is 5.69 Å². The average Bonchev–Trinajstić information content (AvgIpc) is 2.30. The van der Waals surface area contributed by atoms with Crippen molar-refractivity contribution in [2.45, 2.75) is 37.6 Å². The maximum atomic E-state index is 6.53. The molecule has 0 radical (unpaired) electrons. The van der Waals surface area contributed by atoms with E-state index in [1.165, 1.54) is 30.5 Å². The van der Waals surface area contributed by atoms with E-state index in [1.54, 1.807) is 0 Å². The molecule has 2 heteroatoms. The molecule has 2 nitrogen and oxygen atoms in total. The molecule has 0 spiro atoms. The lowest BCUT2D eigenvalue weighted by Gasteiger charge is -2.34. The molecule has 0 amide bonds. The summed E-state index contributed by atoms with van der Waals surface area (Å²) in [5.41, 5.74) is 9.00. The van der Waals surface area contributed by atoms with Gasteiger partial charge in [-0.2, -0.15) is 0 Å². The molecule has 0 saturated heterocycles. The molecule has 1 aromatic carbocycles. The second-order valence-electron chi connectivity index (χ2n) is 5.16. The molecule has 1 fully saturated rings. The molecule has 1 aliphatic rings. The van der Waals surface area contributed by atoms with Crippen molar-refractivity contribution in [2.75, 3.05) is 19.0 Å². The Morgan fingerprint density at radius 2 is 1.81 bits per heavy atom. The number of nitrogens with zero attached hydrogens (tertiary/aromatic N) is 1. The van der Waals surface area contributed by atoms with Crippen molar-refractivity contribution in [3.8, 4) is 0 Å². The van der Waals surface area contributed by atoms with E-state index in [-0.39, 0.29) is 5.54 Å². The number of benzene rings is 1. The largest absolute Gasteiger partial charge is 0.378 e. The summed E-state index contributed by atoms with van der Waals surface area (Å²) in [6.07, 6.45) is 6.13. The Kier molecular flexibility index (Phi) is 3.20. The van der Waals surface area contributed by atoms with Crippen molar-refractivity contribution in [1.82, 2.24) is 0 Å². The van der Waals surface area contributed by atoms with Crippen molar-refractivity contribution in [3.63, 3.8) is 0 Å². The SMILES string of the molecule is CN(C)c1cccc(C2(N)CCCCC2)c1. The summed E-state index contributed by atoms with van der Waals surface area (Å²) in [7, 11) is 4.15. The van der Waals surface area contributed by atoms with E-state index < -0.39 is 0 Å². The second-order valence-corrected chi connectivity index (χ2v) is 5.16.